The number of fused-ring (bicyclic) bond motifs is 9. The van der Waals surface area contributed by atoms with Crippen molar-refractivity contribution in [2.75, 3.05) is 16.3 Å². The van der Waals surface area contributed by atoms with Crippen LogP contribution in [0, 0.1) is 0 Å². The SMILES string of the molecule is CC1(C)c2cc(/C=C/c3ccc4c(ccc5cc(N6c7ccccc7C(C)(C)c7ccccc76)ccc54)c3)ccc2-c2ccc(N3CCCc4ccccc43)cc21. The average molecular weight is 735 g/mol. The maximum atomic E-state index is 2.52. The molecular weight excluding hydrogens is 689 g/mol. The minimum Gasteiger partial charge on any atom is -0.341 e. The van der Waals surface area contributed by atoms with Gasteiger partial charge in [-0.2, -0.15) is 0 Å². The fourth-order valence-corrected chi connectivity index (χ4v) is 10.3. The van der Waals surface area contributed by atoms with Crippen molar-refractivity contribution in [3.05, 3.63) is 197 Å². The number of rotatable bonds is 4. The summed E-state index contributed by atoms with van der Waals surface area (Å²) in [5.41, 5.74) is 18.3. The van der Waals surface area contributed by atoms with Gasteiger partial charge in [0.15, 0.2) is 0 Å². The normalized spacial score (nSPS) is 16.0. The lowest BCUT2D eigenvalue weighted by molar-refractivity contribution is 0.632. The smallest absolute Gasteiger partial charge is 0.0502 e. The van der Waals surface area contributed by atoms with Gasteiger partial charge < -0.3 is 9.80 Å². The van der Waals surface area contributed by atoms with E-state index in [-0.39, 0.29) is 10.8 Å². The molecule has 0 atom stereocenters. The third kappa shape index (κ3) is 5.23. The standard InChI is InChI=1S/C55H46N2/c1-54(2)47-14-6-9-17-52(47)57(53-18-10-7-15-48(53)54)42-26-29-44-40(34-42)24-23-39-32-36(21-27-43(39)44)19-20-37-22-28-45-46-30-25-41(35-50(46)55(3,4)49(45)33-37)56-31-11-13-38-12-5-8-16-51(38)56/h5-10,12,14-30,32-35H,11,13,31H2,1-4H3/b20-19+. The van der Waals surface area contributed by atoms with Crippen LogP contribution in [0.3, 0.4) is 0 Å². The zero-order valence-corrected chi connectivity index (χ0v) is 33.2. The first kappa shape index (κ1) is 33.9. The zero-order valence-electron chi connectivity index (χ0n) is 33.2. The van der Waals surface area contributed by atoms with Crippen LogP contribution in [-0.2, 0) is 17.3 Å². The summed E-state index contributed by atoms with van der Waals surface area (Å²) in [4.78, 5) is 4.96. The minimum atomic E-state index is -0.0823. The first-order valence-electron chi connectivity index (χ1n) is 20.5. The Kier molecular flexibility index (Phi) is 7.48. The van der Waals surface area contributed by atoms with Crippen molar-refractivity contribution in [1.29, 1.82) is 0 Å². The largest absolute Gasteiger partial charge is 0.341 e. The lowest BCUT2D eigenvalue weighted by Crippen LogP contribution is -2.30. The molecule has 3 aliphatic rings. The van der Waals surface area contributed by atoms with Crippen LogP contribution in [0.4, 0.5) is 28.4 Å². The molecule has 0 N–H and O–H groups in total. The predicted octanol–water partition coefficient (Wildman–Crippen LogP) is 14.7. The number of hydrogen-bond donors (Lipinski definition) is 0. The third-order valence-electron chi connectivity index (χ3n) is 13.3. The molecule has 0 saturated carbocycles. The quantitative estimate of drug-likeness (QED) is 0.131. The number of benzene rings is 8. The van der Waals surface area contributed by atoms with Gasteiger partial charge in [0.2, 0.25) is 0 Å². The highest BCUT2D eigenvalue weighted by molar-refractivity contribution is 6.09. The van der Waals surface area contributed by atoms with E-state index in [1.807, 2.05) is 0 Å². The van der Waals surface area contributed by atoms with Gasteiger partial charge in [0.05, 0.1) is 11.4 Å². The molecule has 8 aromatic carbocycles. The molecule has 0 saturated heterocycles. The maximum Gasteiger partial charge on any atom is 0.0502 e. The van der Waals surface area contributed by atoms with E-state index in [9.17, 15) is 0 Å². The van der Waals surface area contributed by atoms with Crippen LogP contribution < -0.4 is 9.80 Å². The van der Waals surface area contributed by atoms with E-state index in [4.69, 9.17) is 0 Å². The van der Waals surface area contributed by atoms with E-state index in [1.165, 1.54) is 106 Å². The Morgan fingerprint density at radius 3 is 1.74 bits per heavy atom. The molecular formula is C55H46N2. The molecule has 0 unspecified atom stereocenters. The van der Waals surface area contributed by atoms with Crippen LogP contribution in [0.15, 0.2) is 158 Å². The second-order valence-electron chi connectivity index (χ2n) is 17.3. The van der Waals surface area contributed by atoms with Gasteiger partial charge in [0.25, 0.3) is 0 Å². The number of para-hydroxylation sites is 3. The van der Waals surface area contributed by atoms with Crippen molar-refractivity contribution < 1.29 is 0 Å². The lowest BCUT2D eigenvalue weighted by Gasteiger charge is -2.42. The Labute approximate surface area is 336 Å². The van der Waals surface area contributed by atoms with Crippen molar-refractivity contribution in [1.82, 2.24) is 0 Å². The Hall–Kier alpha value is -6.38. The molecule has 0 fully saturated rings. The molecule has 2 aliphatic heterocycles. The molecule has 0 aromatic heterocycles. The molecule has 0 radical (unpaired) electrons. The molecule has 57 heavy (non-hydrogen) atoms. The molecule has 1 aliphatic carbocycles. The van der Waals surface area contributed by atoms with Gasteiger partial charge >= 0.3 is 0 Å². The summed E-state index contributed by atoms with van der Waals surface area (Å²) in [6.07, 6.45) is 6.89. The van der Waals surface area contributed by atoms with Crippen molar-refractivity contribution in [2.45, 2.75) is 51.4 Å². The van der Waals surface area contributed by atoms with Crippen LogP contribution in [0.5, 0.6) is 0 Å². The lowest BCUT2D eigenvalue weighted by atomic mass is 9.73. The molecule has 2 nitrogen and oxygen atoms in total. The van der Waals surface area contributed by atoms with E-state index in [2.05, 4.69) is 207 Å². The average Bonchev–Trinajstić information content (AvgIpc) is 3.47. The molecule has 0 bridgehead atoms. The van der Waals surface area contributed by atoms with Crippen LogP contribution >= 0.6 is 0 Å². The summed E-state index contributed by atoms with van der Waals surface area (Å²) in [6, 6.07) is 59.2. The van der Waals surface area contributed by atoms with Crippen LogP contribution in [0.25, 0.3) is 44.8 Å². The molecule has 276 valence electrons. The molecule has 0 amide bonds. The van der Waals surface area contributed by atoms with Gasteiger partial charge in [-0.3, -0.25) is 0 Å². The summed E-state index contributed by atoms with van der Waals surface area (Å²) in [5, 5.41) is 5.06. The number of nitrogens with zero attached hydrogens (tertiary/aromatic N) is 2. The highest BCUT2D eigenvalue weighted by Gasteiger charge is 2.37. The van der Waals surface area contributed by atoms with Crippen molar-refractivity contribution in [3.8, 4) is 11.1 Å². The van der Waals surface area contributed by atoms with Crippen molar-refractivity contribution in [2.24, 2.45) is 0 Å². The molecule has 2 heterocycles. The topological polar surface area (TPSA) is 6.48 Å². The van der Waals surface area contributed by atoms with E-state index in [0.717, 1.165) is 13.0 Å². The number of hydrogen-bond acceptors (Lipinski definition) is 2. The predicted molar refractivity (Wildman–Crippen MR) is 243 cm³/mol. The second kappa shape index (κ2) is 12.6. The molecule has 8 aromatic rings. The summed E-state index contributed by atoms with van der Waals surface area (Å²) < 4.78 is 0. The minimum absolute atomic E-state index is 0.0720. The Bertz CT molecular complexity index is 2910. The first-order valence-corrected chi connectivity index (χ1v) is 20.5. The monoisotopic (exact) mass is 734 g/mol. The molecule has 0 spiro atoms. The third-order valence-corrected chi connectivity index (χ3v) is 13.3. The Morgan fingerprint density at radius 1 is 0.456 bits per heavy atom. The second-order valence-corrected chi connectivity index (χ2v) is 17.3. The van der Waals surface area contributed by atoms with Gasteiger partial charge in [-0.25, -0.2) is 0 Å². The van der Waals surface area contributed by atoms with E-state index < -0.39 is 0 Å². The van der Waals surface area contributed by atoms with Crippen molar-refractivity contribution in [3.63, 3.8) is 0 Å². The summed E-state index contributed by atoms with van der Waals surface area (Å²) in [5.74, 6) is 0. The number of anilines is 5. The number of aryl methyl sites for hydroxylation is 1. The first-order chi connectivity index (χ1) is 27.8. The zero-order chi connectivity index (χ0) is 38.5. The van der Waals surface area contributed by atoms with Crippen molar-refractivity contribution >= 4 is 62.1 Å². The Morgan fingerprint density at radius 2 is 1.00 bits per heavy atom. The van der Waals surface area contributed by atoms with Gasteiger partial charge in [-0.15, -0.1) is 0 Å². The fourth-order valence-electron chi connectivity index (χ4n) is 10.3. The van der Waals surface area contributed by atoms with Crippen LogP contribution in [0.1, 0.15) is 73.1 Å². The van der Waals surface area contributed by atoms with Gasteiger partial charge in [-0.1, -0.05) is 149 Å². The van der Waals surface area contributed by atoms with Crippen LogP contribution in [0.2, 0.25) is 0 Å². The van der Waals surface area contributed by atoms with E-state index >= 15 is 0 Å². The highest BCUT2D eigenvalue weighted by atomic mass is 15.2. The molecule has 2 heteroatoms. The van der Waals surface area contributed by atoms with Crippen LogP contribution in [-0.4, -0.2) is 6.54 Å². The summed E-state index contributed by atoms with van der Waals surface area (Å²) in [6.45, 7) is 10.5. The van der Waals surface area contributed by atoms with E-state index in [0.29, 0.717) is 0 Å². The summed E-state index contributed by atoms with van der Waals surface area (Å²) in [7, 11) is 0. The van der Waals surface area contributed by atoms with Gasteiger partial charge in [0, 0.05) is 34.4 Å². The fraction of sp³-hybridized carbons (Fsp3) is 0.164. The Balaban J connectivity index is 0.883. The maximum absolute atomic E-state index is 2.52. The van der Waals surface area contributed by atoms with E-state index in [1.54, 1.807) is 0 Å². The van der Waals surface area contributed by atoms with Gasteiger partial charge in [-0.05, 0) is 133 Å². The highest BCUT2D eigenvalue weighted by Crippen LogP contribution is 2.53. The molecule has 11 rings (SSSR count). The summed E-state index contributed by atoms with van der Waals surface area (Å²) >= 11 is 0. The van der Waals surface area contributed by atoms with Gasteiger partial charge in [0.1, 0.15) is 0 Å².